The first-order valence-corrected chi connectivity index (χ1v) is 13.4. The number of fused-ring (bicyclic) bond motifs is 5. The summed E-state index contributed by atoms with van der Waals surface area (Å²) in [5, 5.41) is 20.4. The number of hydrogen-bond donors (Lipinski definition) is 2. The molecule has 0 aromatic heterocycles. The molecule has 2 fully saturated rings. The van der Waals surface area contributed by atoms with Crippen molar-refractivity contribution in [2.24, 2.45) is 23.2 Å². The van der Waals surface area contributed by atoms with E-state index in [2.05, 4.69) is 12.1 Å². The van der Waals surface area contributed by atoms with Crippen LogP contribution in [0.4, 0.5) is 13.2 Å². The van der Waals surface area contributed by atoms with Gasteiger partial charge in [-0.2, -0.15) is 13.2 Å². The average Bonchev–Trinajstić information content (AvgIpc) is 3.10. The molecular formula is C30H37F3O3. The van der Waals surface area contributed by atoms with Crippen LogP contribution in [0.3, 0.4) is 0 Å². The van der Waals surface area contributed by atoms with E-state index >= 15 is 0 Å². The van der Waals surface area contributed by atoms with Gasteiger partial charge in [0.25, 0.3) is 0 Å². The van der Waals surface area contributed by atoms with Gasteiger partial charge in [0.1, 0.15) is 12.4 Å². The van der Waals surface area contributed by atoms with Crippen molar-refractivity contribution < 1.29 is 28.1 Å². The third-order valence-corrected chi connectivity index (χ3v) is 9.66. The highest BCUT2D eigenvalue weighted by atomic mass is 19.4. The summed E-state index contributed by atoms with van der Waals surface area (Å²) in [5.41, 5.74) is -0.225. The Balaban J connectivity index is 1.40. The minimum atomic E-state index is -4.64. The molecule has 0 amide bonds. The molecule has 0 bridgehead atoms. The topological polar surface area (TPSA) is 49.7 Å². The van der Waals surface area contributed by atoms with Crippen LogP contribution in [0, 0.1) is 23.2 Å². The van der Waals surface area contributed by atoms with Crippen molar-refractivity contribution in [3.8, 4) is 5.75 Å². The highest BCUT2D eigenvalue weighted by Gasteiger charge is 2.73. The lowest BCUT2D eigenvalue weighted by atomic mass is 9.52. The Morgan fingerprint density at radius 1 is 1.06 bits per heavy atom. The van der Waals surface area contributed by atoms with E-state index in [-0.39, 0.29) is 36.7 Å². The van der Waals surface area contributed by atoms with Gasteiger partial charge in [-0.15, -0.1) is 0 Å². The van der Waals surface area contributed by atoms with E-state index in [0.29, 0.717) is 38.7 Å². The third kappa shape index (κ3) is 4.24. The van der Waals surface area contributed by atoms with Gasteiger partial charge >= 0.3 is 6.18 Å². The molecule has 2 N–H and O–H groups in total. The Morgan fingerprint density at radius 2 is 1.83 bits per heavy atom. The van der Waals surface area contributed by atoms with E-state index in [0.717, 1.165) is 24.2 Å². The summed E-state index contributed by atoms with van der Waals surface area (Å²) < 4.78 is 49.0. The van der Waals surface area contributed by atoms with Crippen molar-refractivity contribution >= 4 is 0 Å². The summed E-state index contributed by atoms with van der Waals surface area (Å²) in [7, 11) is 0. The molecule has 0 heterocycles. The predicted octanol–water partition coefficient (Wildman–Crippen LogP) is 6.80. The van der Waals surface area contributed by atoms with Crippen molar-refractivity contribution in [2.75, 3.05) is 6.61 Å². The van der Waals surface area contributed by atoms with Crippen molar-refractivity contribution in [3.05, 3.63) is 65.2 Å². The number of halogens is 3. The van der Waals surface area contributed by atoms with Gasteiger partial charge in [-0.3, -0.25) is 0 Å². The molecule has 3 aliphatic carbocycles. The zero-order chi connectivity index (χ0) is 25.6. The summed E-state index contributed by atoms with van der Waals surface area (Å²) in [6, 6.07) is 16.3. The SMILES string of the molecule is C[C@]12CC[C@@H]3c4ccc(OCc5ccccc5)cc4CC[C@H]3[C@@H]1C(CCCCO)CC2(O)C(F)(F)F. The molecule has 3 nitrogen and oxygen atoms in total. The van der Waals surface area contributed by atoms with Gasteiger partial charge in [-0.25, -0.2) is 0 Å². The van der Waals surface area contributed by atoms with Crippen molar-refractivity contribution in [3.63, 3.8) is 0 Å². The molecule has 6 atom stereocenters. The van der Waals surface area contributed by atoms with Gasteiger partial charge < -0.3 is 14.9 Å². The molecule has 2 aromatic carbocycles. The Kier molecular flexibility index (Phi) is 6.88. The molecule has 0 spiro atoms. The summed E-state index contributed by atoms with van der Waals surface area (Å²) in [5.74, 6) is 0.805. The van der Waals surface area contributed by atoms with E-state index < -0.39 is 17.2 Å². The molecule has 2 unspecified atom stereocenters. The van der Waals surface area contributed by atoms with Crippen LogP contribution >= 0.6 is 0 Å². The van der Waals surface area contributed by atoms with Gasteiger partial charge in [-0.1, -0.05) is 49.7 Å². The van der Waals surface area contributed by atoms with Gasteiger partial charge in [-0.05, 0) is 97.4 Å². The number of benzene rings is 2. The minimum Gasteiger partial charge on any atom is -0.489 e. The lowest BCUT2D eigenvalue weighted by Crippen LogP contribution is -2.58. The first-order valence-electron chi connectivity index (χ1n) is 13.4. The maximum Gasteiger partial charge on any atom is 0.417 e. The predicted molar refractivity (Wildman–Crippen MR) is 133 cm³/mol. The average molecular weight is 503 g/mol. The maximum atomic E-state index is 14.3. The number of aliphatic hydroxyl groups is 2. The molecule has 3 aliphatic rings. The molecule has 6 heteroatoms. The Hall–Kier alpha value is -2.05. The Bertz CT molecular complexity index is 1060. The number of rotatable bonds is 7. The van der Waals surface area contributed by atoms with Crippen LogP contribution < -0.4 is 4.74 Å². The quantitative estimate of drug-likeness (QED) is 0.409. The first kappa shape index (κ1) is 25.6. The smallest absolute Gasteiger partial charge is 0.417 e. The van der Waals surface area contributed by atoms with E-state index in [4.69, 9.17) is 4.74 Å². The van der Waals surface area contributed by atoms with Gasteiger partial charge in [0.15, 0.2) is 5.60 Å². The summed E-state index contributed by atoms with van der Waals surface area (Å²) >= 11 is 0. The summed E-state index contributed by atoms with van der Waals surface area (Å²) in [6.07, 6.45) is -0.258. The first-order chi connectivity index (χ1) is 17.2. The molecule has 2 saturated carbocycles. The molecule has 36 heavy (non-hydrogen) atoms. The van der Waals surface area contributed by atoms with Crippen molar-refractivity contribution in [2.45, 2.75) is 82.6 Å². The fraction of sp³-hybridized carbons (Fsp3) is 0.600. The number of unbranched alkanes of at least 4 members (excludes halogenated alkanes) is 1. The zero-order valence-electron chi connectivity index (χ0n) is 20.9. The van der Waals surface area contributed by atoms with Crippen molar-refractivity contribution in [1.82, 2.24) is 0 Å². The van der Waals surface area contributed by atoms with Crippen LogP contribution in [0.25, 0.3) is 0 Å². The highest BCUT2D eigenvalue weighted by molar-refractivity contribution is 5.41. The third-order valence-electron chi connectivity index (χ3n) is 9.66. The lowest BCUT2D eigenvalue weighted by molar-refractivity contribution is -0.300. The van der Waals surface area contributed by atoms with Crippen LogP contribution in [-0.4, -0.2) is 28.6 Å². The molecule has 0 aliphatic heterocycles. The zero-order valence-corrected chi connectivity index (χ0v) is 20.9. The fourth-order valence-electron chi connectivity index (χ4n) is 7.97. The van der Waals surface area contributed by atoms with Crippen LogP contribution in [0.5, 0.6) is 5.75 Å². The van der Waals surface area contributed by atoms with Gasteiger partial charge in [0.05, 0.1) is 0 Å². The lowest BCUT2D eigenvalue weighted by Gasteiger charge is -2.54. The second-order valence-corrected chi connectivity index (χ2v) is 11.5. The van der Waals surface area contributed by atoms with E-state index in [1.165, 1.54) is 11.1 Å². The molecule has 5 rings (SSSR count). The Morgan fingerprint density at radius 3 is 2.56 bits per heavy atom. The second kappa shape index (κ2) is 9.68. The van der Waals surface area contributed by atoms with E-state index in [1.807, 2.05) is 36.4 Å². The Labute approximate surface area is 211 Å². The molecule has 2 aromatic rings. The van der Waals surface area contributed by atoms with Crippen LogP contribution in [-0.2, 0) is 13.0 Å². The normalized spacial score (nSPS) is 33.5. The van der Waals surface area contributed by atoms with E-state index in [1.54, 1.807) is 6.92 Å². The molecule has 0 saturated heterocycles. The summed E-state index contributed by atoms with van der Waals surface area (Å²) in [4.78, 5) is 0. The van der Waals surface area contributed by atoms with Crippen molar-refractivity contribution in [1.29, 1.82) is 0 Å². The number of hydrogen-bond acceptors (Lipinski definition) is 3. The number of alkyl halides is 3. The minimum absolute atomic E-state index is 0.0479. The molecule has 196 valence electrons. The van der Waals surface area contributed by atoms with Crippen LogP contribution in [0.1, 0.15) is 74.5 Å². The summed E-state index contributed by atoms with van der Waals surface area (Å²) in [6.45, 7) is 2.24. The number of aliphatic hydroxyl groups excluding tert-OH is 1. The molecule has 0 radical (unpaired) electrons. The largest absolute Gasteiger partial charge is 0.489 e. The number of ether oxygens (including phenoxy) is 1. The van der Waals surface area contributed by atoms with Gasteiger partial charge in [0.2, 0.25) is 0 Å². The van der Waals surface area contributed by atoms with E-state index in [9.17, 15) is 23.4 Å². The monoisotopic (exact) mass is 502 g/mol. The highest BCUT2D eigenvalue weighted by Crippen LogP contribution is 2.69. The second-order valence-electron chi connectivity index (χ2n) is 11.5. The molecular weight excluding hydrogens is 465 g/mol. The van der Waals surface area contributed by atoms with Crippen LogP contribution in [0.2, 0.25) is 0 Å². The van der Waals surface area contributed by atoms with Crippen LogP contribution in [0.15, 0.2) is 48.5 Å². The van der Waals surface area contributed by atoms with Gasteiger partial charge in [0, 0.05) is 12.0 Å². The number of aryl methyl sites for hydroxylation is 1. The fourth-order valence-corrected chi connectivity index (χ4v) is 7.97. The standard InChI is InChI=1S/C30H37F3O3/c1-28-15-14-25-24-13-11-23(36-19-20-7-3-2-4-8-20)17-21(24)10-12-26(25)27(28)22(9-5-6-16-34)18-29(28,35)30(31,32)33/h2-4,7-8,11,13,17,22,25-27,34-35H,5-6,9-10,12,14-16,18-19H2,1H3/t22?,25-,26-,27+,28+,29?/m1/s1. The maximum absolute atomic E-state index is 14.3.